The van der Waals surface area contributed by atoms with Crippen molar-refractivity contribution in [2.45, 2.75) is 0 Å². The molecule has 0 unspecified atom stereocenters. The molecule has 0 amide bonds. The fraction of sp³-hybridized carbons (Fsp3) is 0. The van der Waals surface area contributed by atoms with Crippen molar-refractivity contribution in [3.05, 3.63) is 70.3 Å². The van der Waals surface area contributed by atoms with Crippen molar-refractivity contribution in [1.82, 2.24) is 9.66 Å². The van der Waals surface area contributed by atoms with Gasteiger partial charge in [-0.2, -0.15) is 5.10 Å². The standard InChI is InChI=1S/C16H12Cl2N4/c17-13-7-6-12(14(18)8-13)9-20-22-10-15(21-16(22)19)11-4-2-1-3-5-11/h1-10H,(H2,19,21)/b20-9+. The Morgan fingerprint density at radius 2 is 1.86 bits per heavy atom. The van der Waals surface area contributed by atoms with Crippen LogP contribution in [0.3, 0.4) is 0 Å². The van der Waals surface area contributed by atoms with Gasteiger partial charge in [-0.25, -0.2) is 9.66 Å². The first-order valence-corrected chi connectivity index (χ1v) is 7.29. The molecule has 0 saturated carbocycles. The van der Waals surface area contributed by atoms with Gasteiger partial charge in [0.1, 0.15) is 0 Å². The minimum Gasteiger partial charge on any atom is -0.368 e. The van der Waals surface area contributed by atoms with E-state index in [2.05, 4.69) is 10.1 Å². The van der Waals surface area contributed by atoms with Crippen LogP contribution in [0.25, 0.3) is 11.3 Å². The molecule has 2 N–H and O–H groups in total. The molecule has 0 spiro atoms. The van der Waals surface area contributed by atoms with E-state index >= 15 is 0 Å². The molecular formula is C16H12Cl2N4. The van der Waals surface area contributed by atoms with E-state index in [0.29, 0.717) is 16.0 Å². The van der Waals surface area contributed by atoms with Crippen molar-refractivity contribution in [3.8, 4) is 11.3 Å². The van der Waals surface area contributed by atoms with Crippen molar-refractivity contribution >= 4 is 35.4 Å². The van der Waals surface area contributed by atoms with Crippen LogP contribution in [0.2, 0.25) is 10.0 Å². The van der Waals surface area contributed by atoms with Gasteiger partial charge in [0.25, 0.3) is 0 Å². The Morgan fingerprint density at radius 3 is 2.59 bits per heavy atom. The summed E-state index contributed by atoms with van der Waals surface area (Å²) >= 11 is 12.0. The van der Waals surface area contributed by atoms with Crippen LogP contribution in [-0.4, -0.2) is 15.9 Å². The minimum atomic E-state index is 0.306. The predicted molar refractivity (Wildman–Crippen MR) is 91.5 cm³/mol. The second-order valence-electron chi connectivity index (χ2n) is 4.61. The highest BCUT2D eigenvalue weighted by Gasteiger charge is 2.06. The molecule has 0 aliphatic rings. The van der Waals surface area contributed by atoms with Gasteiger partial charge in [-0.1, -0.05) is 59.6 Å². The zero-order valence-corrected chi connectivity index (χ0v) is 13.0. The number of hydrogen-bond donors (Lipinski definition) is 1. The topological polar surface area (TPSA) is 56.2 Å². The second-order valence-corrected chi connectivity index (χ2v) is 5.45. The molecule has 1 heterocycles. The van der Waals surface area contributed by atoms with E-state index in [4.69, 9.17) is 28.9 Å². The fourth-order valence-corrected chi connectivity index (χ4v) is 2.41. The quantitative estimate of drug-likeness (QED) is 0.727. The molecule has 0 bridgehead atoms. The largest absolute Gasteiger partial charge is 0.368 e. The molecule has 1 aromatic heterocycles. The molecule has 22 heavy (non-hydrogen) atoms. The van der Waals surface area contributed by atoms with E-state index in [1.807, 2.05) is 30.3 Å². The molecule has 6 heteroatoms. The van der Waals surface area contributed by atoms with Crippen LogP contribution in [0.1, 0.15) is 5.56 Å². The second kappa shape index (κ2) is 6.22. The first-order valence-electron chi connectivity index (χ1n) is 6.53. The Bertz CT molecular complexity index is 825. The molecule has 0 fully saturated rings. The monoisotopic (exact) mass is 330 g/mol. The summed E-state index contributed by atoms with van der Waals surface area (Å²) in [6.07, 6.45) is 3.39. The molecule has 110 valence electrons. The SMILES string of the molecule is Nc1nc(-c2ccccc2)cn1/N=C/c1ccc(Cl)cc1Cl. The van der Waals surface area contributed by atoms with E-state index < -0.39 is 0 Å². The number of rotatable bonds is 3. The summed E-state index contributed by atoms with van der Waals surface area (Å²) in [7, 11) is 0. The lowest BCUT2D eigenvalue weighted by atomic mass is 10.2. The molecule has 0 aliphatic carbocycles. The summed E-state index contributed by atoms with van der Waals surface area (Å²) in [5, 5.41) is 5.39. The first-order chi connectivity index (χ1) is 10.6. The maximum Gasteiger partial charge on any atom is 0.221 e. The third-order valence-electron chi connectivity index (χ3n) is 3.07. The van der Waals surface area contributed by atoms with Crippen LogP contribution in [0.5, 0.6) is 0 Å². The lowest BCUT2D eigenvalue weighted by Crippen LogP contribution is -1.97. The molecule has 0 aliphatic heterocycles. The van der Waals surface area contributed by atoms with Crippen LogP contribution in [0, 0.1) is 0 Å². The zero-order chi connectivity index (χ0) is 15.5. The van der Waals surface area contributed by atoms with Crippen LogP contribution in [0.4, 0.5) is 5.95 Å². The molecule has 3 rings (SSSR count). The predicted octanol–water partition coefficient (Wildman–Crippen LogP) is 4.32. The van der Waals surface area contributed by atoms with E-state index in [0.717, 1.165) is 16.8 Å². The number of halogens is 2. The van der Waals surface area contributed by atoms with Gasteiger partial charge in [0.05, 0.1) is 23.1 Å². The molecule has 0 atom stereocenters. The highest BCUT2D eigenvalue weighted by Crippen LogP contribution is 2.21. The zero-order valence-electron chi connectivity index (χ0n) is 11.4. The van der Waals surface area contributed by atoms with Gasteiger partial charge in [-0.3, -0.25) is 0 Å². The highest BCUT2D eigenvalue weighted by atomic mass is 35.5. The smallest absolute Gasteiger partial charge is 0.221 e. The van der Waals surface area contributed by atoms with E-state index in [1.165, 1.54) is 4.68 Å². The van der Waals surface area contributed by atoms with Crippen LogP contribution in [-0.2, 0) is 0 Å². The Hall–Kier alpha value is -2.30. The van der Waals surface area contributed by atoms with Crippen molar-refractivity contribution in [2.24, 2.45) is 5.10 Å². The number of imidazole rings is 1. The summed E-state index contributed by atoms with van der Waals surface area (Å²) in [4.78, 5) is 4.30. The third kappa shape index (κ3) is 3.13. The molecule has 3 aromatic rings. The molecular weight excluding hydrogens is 319 g/mol. The summed E-state index contributed by atoms with van der Waals surface area (Å²) in [5.74, 6) is 0.306. The van der Waals surface area contributed by atoms with Crippen LogP contribution >= 0.6 is 23.2 Å². The van der Waals surface area contributed by atoms with Gasteiger partial charge in [-0.05, 0) is 12.1 Å². The van der Waals surface area contributed by atoms with Crippen molar-refractivity contribution in [3.63, 3.8) is 0 Å². The number of benzene rings is 2. The van der Waals surface area contributed by atoms with Crippen molar-refractivity contribution < 1.29 is 0 Å². The molecule has 2 aromatic carbocycles. The number of nitrogens with zero attached hydrogens (tertiary/aromatic N) is 3. The summed E-state index contributed by atoms with van der Waals surface area (Å²) in [6, 6.07) is 15.0. The average Bonchev–Trinajstić information content (AvgIpc) is 2.88. The summed E-state index contributed by atoms with van der Waals surface area (Å²) in [6.45, 7) is 0. The lowest BCUT2D eigenvalue weighted by Gasteiger charge is -1.99. The van der Waals surface area contributed by atoms with Crippen LogP contribution in [0.15, 0.2) is 59.8 Å². The van der Waals surface area contributed by atoms with Crippen molar-refractivity contribution in [2.75, 3.05) is 5.73 Å². The molecule has 0 saturated heterocycles. The Morgan fingerprint density at radius 1 is 1.09 bits per heavy atom. The summed E-state index contributed by atoms with van der Waals surface area (Å²) < 4.78 is 1.51. The van der Waals surface area contributed by atoms with Gasteiger partial charge in [0, 0.05) is 16.1 Å². The maximum atomic E-state index is 6.10. The lowest BCUT2D eigenvalue weighted by molar-refractivity contribution is 0.898. The van der Waals surface area contributed by atoms with Crippen molar-refractivity contribution in [1.29, 1.82) is 0 Å². The third-order valence-corrected chi connectivity index (χ3v) is 3.63. The Kier molecular flexibility index (Phi) is 4.13. The normalized spacial score (nSPS) is 11.2. The van der Waals surface area contributed by atoms with Gasteiger partial charge < -0.3 is 5.73 Å². The van der Waals surface area contributed by atoms with Gasteiger partial charge in [-0.15, -0.1) is 0 Å². The minimum absolute atomic E-state index is 0.306. The van der Waals surface area contributed by atoms with Gasteiger partial charge in [0.2, 0.25) is 5.95 Å². The summed E-state index contributed by atoms with van der Waals surface area (Å²) in [5.41, 5.74) is 8.38. The Labute approximate surface area is 137 Å². The number of nitrogens with two attached hydrogens (primary N) is 1. The highest BCUT2D eigenvalue weighted by molar-refractivity contribution is 6.36. The van der Waals surface area contributed by atoms with Gasteiger partial charge >= 0.3 is 0 Å². The fourth-order valence-electron chi connectivity index (χ4n) is 1.96. The first kappa shape index (κ1) is 14.6. The maximum absolute atomic E-state index is 6.10. The van der Waals surface area contributed by atoms with Crippen LogP contribution < -0.4 is 5.73 Å². The number of hydrogen-bond acceptors (Lipinski definition) is 3. The number of nitrogen functional groups attached to an aromatic ring is 1. The average molecular weight is 331 g/mol. The molecule has 0 radical (unpaired) electrons. The van der Waals surface area contributed by atoms with E-state index in [-0.39, 0.29) is 0 Å². The van der Waals surface area contributed by atoms with E-state index in [1.54, 1.807) is 30.6 Å². The van der Waals surface area contributed by atoms with Gasteiger partial charge in [0.15, 0.2) is 0 Å². The number of anilines is 1. The Balaban J connectivity index is 1.90. The molecule has 4 nitrogen and oxygen atoms in total. The van der Waals surface area contributed by atoms with E-state index in [9.17, 15) is 0 Å². The number of aromatic nitrogens is 2.